The van der Waals surface area contributed by atoms with Crippen molar-refractivity contribution in [1.29, 1.82) is 0 Å². The molecule has 0 radical (unpaired) electrons. The summed E-state index contributed by atoms with van der Waals surface area (Å²) in [6, 6.07) is 14.2. The molecule has 0 saturated carbocycles. The number of H-pyrrole nitrogens is 1. The third kappa shape index (κ3) is 4.35. The number of benzene rings is 2. The average molecular weight is 408 g/mol. The van der Waals surface area contributed by atoms with Crippen LogP contribution in [-0.2, 0) is 9.59 Å². The van der Waals surface area contributed by atoms with Crippen molar-refractivity contribution < 1.29 is 23.9 Å². The predicted octanol–water partition coefficient (Wildman–Crippen LogP) is 1.42. The van der Waals surface area contributed by atoms with E-state index in [-0.39, 0.29) is 19.0 Å². The highest BCUT2D eigenvalue weighted by Gasteiger charge is 2.16. The number of carbonyl (C=O) groups excluding carboxylic acids is 3. The van der Waals surface area contributed by atoms with Crippen molar-refractivity contribution in [2.75, 3.05) is 31.6 Å². The fourth-order valence-corrected chi connectivity index (χ4v) is 3.03. The number of ether oxygens (including phenoxy) is 2. The van der Waals surface area contributed by atoms with Gasteiger partial charge in [0.05, 0.1) is 0 Å². The first-order valence-corrected chi connectivity index (χ1v) is 9.45. The van der Waals surface area contributed by atoms with E-state index in [1.807, 2.05) is 24.3 Å². The van der Waals surface area contributed by atoms with Gasteiger partial charge in [-0.25, -0.2) is 0 Å². The molecular weight excluding hydrogens is 388 g/mol. The van der Waals surface area contributed by atoms with Crippen LogP contribution in [-0.4, -0.2) is 49.0 Å². The van der Waals surface area contributed by atoms with E-state index in [1.165, 1.54) is 0 Å². The first-order valence-electron chi connectivity index (χ1n) is 9.45. The van der Waals surface area contributed by atoms with Gasteiger partial charge < -0.3 is 30.4 Å². The molecule has 1 aliphatic heterocycles. The minimum atomic E-state index is -0.811. The zero-order chi connectivity index (χ0) is 20.9. The number of aromatic amines is 1. The summed E-state index contributed by atoms with van der Waals surface area (Å²) in [6.07, 6.45) is 0. The standard InChI is InChI=1S/C21H20N4O5/c26-19(16-11-13-3-1-2-4-15(13)25-16)22-7-8-23-20(27)21(28)24-14-5-6-17-18(12-14)30-10-9-29-17/h1-6,11-12,25H,7-10H2,(H,22,26)(H,23,27)(H,24,28). The highest BCUT2D eigenvalue weighted by molar-refractivity contribution is 6.39. The summed E-state index contributed by atoms with van der Waals surface area (Å²) < 4.78 is 10.9. The SMILES string of the molecule is O=C(NCCNC(=O)c1cc2ccccc2[nH]1)C(=O)Nc1ccc2c(c1)OCCO2. The number of para-hydroxylation sites is 1. The number of nitrogens with one attached hydrogen (secondary N) is 4. The van der Waals surface area contributed by atoms with E-state index in [4.69, 9.17) is 9.47 Å². The lowest BCUT2D eigenvalue weighted by Crippen LogP contribution is -2.40. The first kappa shape index (κ1) is 19.3. The largest absolute Gasteiger partial charge is 0.486 e. The molecule has 154 valence electrons. The lowest BCUT2D eigenvalue weighted by molar-refractivity contribution is -0.136. The highest BCUT2D eigenvalue weighted by Crippen LogP contribution is 2.32. The molecule has 0 atom stereocenters. The second-order valence-electron chi connectivity index (χ2n) is 6.59. The van der Waals surface area contributed by atoms with E-state index in [0.717, 1.165) is 10.9 Å². The Morgan fingerprint density at radius 3 is 2.47 bits per heavy atom. The van der Waals surface area contributed by atoms with E-state index in [0.29, 0.717) is 36.1 Å². The molecule has 0 saturated heterocycles. The summed E-state index contributed by atoms with van der Waals surface area (Å²) >= 11 is 0. The first-order chi connectivity index (χ1) is 14.6. The summed E-state index contributed by atoms with van der Waals surface area (Å²) in [5.41, 5.74) is 1.72. The van der Waals surface area contributed by atoms with Gasteiger partial charge in [-0.3, -0.25) is 14.4 Å². The Morgan fingerprint density at radius 2 is 1.63 bits per heavy atom. The second-order valence-corrected chi connectivity index (χ2v) is 6.59. The number of anilines is 1. The van der Waals surface area contributed by atoms with Gasteiger partial charge in [0.25, 0.3) is 5.91 Å². The van der Waals surface area contributed by atoms with Crippen LogP contribution in [0.25, 0.3) is 10.9 Å². The fraction of sp³-hybridized carbons (Fsp3) is 0.190. The number of aromatic nitrogens is 1. The summed E-state index contributed by atoms with van der Waals surface area (Å²) in [7, 11) is 0. The van der Waals surface area contributed by atoms with Gasteiger partial charge >= 0.3 is 11.8 Å². The Balaban J connectivity index is 1.22. The number of rotatable bonds is 5. The molecule has 2 aromatic carbocycles. The molecule has 9 nitrogen and oxygen atoms in total. The molecule has 0 fully saturated rings. The van der Waals surface area contributed by atoms with Crippen LogP contribution in [0.15, 0.2) is 48.5 Å². The molecule has 1 aliphatic rings. The van der Waals surface area contributed by atoms with Crippen molar-refractivity contribution in [2.45, 2.75) is 0 Å². The molecule has 3 amide bonds. The Kier molecular flexibility index (Phi) is 5.51. The van der Waals surface area contributed by atoms with Crippen molar-refractivity contribution in [1.82, 2.24) is 15.6 Å². The van der Waals surface area contributed by atoms with Gasteiger partial charge in [0, 0.05) is 35.7 Å². The fourth-order valence-electron chi connectivity index (χ4n) is 3.03. The van der Waals surface area contributed by atoms with Gasteiger partial charge in [-0.05, 0) is 24.3 Å². The third-order valence-corrected chi connectivity index (χ3v) is 4.48. The van der Waals surface area contributed by atoms with E-state index >= 15 is 0 Å². The number of fused-ring (bicyclic) bond motifs is 2. The van der Waals surface area contributed by atoms with E-state index in [1.54, 1.807) is 24.3 Å². The normalized spacial score (nSPS) is 12.3. The zero-order valence-corrected chi connectivity index (χ0v) is 16.0. The van der Waals surface area contributed by atoms with E-state index < -0.39 is 11.8 Å². The van der Waals surface area contributed by atoms with Crippen molar-refractivity contribution in [3.8, 4) is 11.5 Å². The smallest absolute Gasteiger partial charge is 0.313 e. The maximum absolute atomic E-state index is 12.2. The van der Waals surface area contributed by atoms with Crippen LogP contribution in [0.4, 0.5) is 5.69 Å². The maximum atomic E-state index is 12.2. The topological polar surface area (TPSA) is 122 Å². The quantitative estimate of drug-likeness (QED) is 0.376. The minimum Gasteiger partial charge on any atom is -0.486 e. The van der Waals surface area contributed by atoms with Gasteiger partial charge in [0.1, 0.15) is 18.9 Å². The molecule has 4 rings (SSSR count). The Hall–Kier alpha value is -4.01. The molecule has 0 spiro atoms. The molecule has 1 aromatic heterocycles. The van der Waals surface area contributed by atoms with Crippen molar-refractivity contribution in [2.24, 2.45) is 0 Å². The average Bonchev–Trinajstić information content (AvgIpc) is 3.21. The molecular formula is C21H20N4O5. The molecule has 2 heterocycles. The molecule has 0 bridgehead atoms. The van der Waals surface area contributed by atoms with Crippen molar-refractivity contribution in [3.05, 3.63) is 54.2 Å². The number of amides is 3. The van der Waals surface area contributed by atoms with E-state index in [9.17, 15) is 14.4 Å². The highest BCUT2D eigenvalue weighted by atomic mass is 16.6. The van der Waals surface area contributed by atoms with Crippen LogP contribution in [0.1, 0.15) is 10.5 Å². The number of hydrogen-bond donors (Lipinski definition) is 4. The summed E-state index contributed by atoms with van der Waals surface area (Å²) in [5.74, 6) is -0.798. The summed E-state index contributed by atoms with van der Waals surface area (Å²) in [6.45, 7) is 1.18. The maximum Gasteiger partial charge on any atom is 0.313 e. The summed E-state index contributed by atoms with van der Waals surface area (Å²) in [5, 5.41) is 8.60. The summed E-state index contributed by atoms with van der Waals surface area (Å²) in [4.78, 5) is 39.2. The molecule has 4 N–H and O–H groups in total. The van der Waals surface area contributed by atoms with Crippen LogP contribution in [0.3, 0.4) is 0 Å². The monoisotopic (exact) mass is 408 g/mol. The molecule has 0 unspecified atom stereocenters. The van der Waals surface area contributed by atoms with Crippen molar-refractivity contribution in [3.63, 3.8) is 0 Å². The van der Waals surface area contributed by atoms with Crippen LogP contribution in [0.2, 0.25) is 0 Å². The van der Waals surface area contributed by atoms with Crippen LogP contribution >= 0.6 is 0 Å². The lowest BCUT2D eigenvalue weighted by atomic mass is 10.2. The van der Waals surface area contributed by atoms with E-state index in [2.05, 4.69) is 20.9 Å². The number of carbonyl (C=O) groups is 3. The third-order valence-electron chi connectivity index (χ3n) is 4.48. The second kappa shape index (κ2) is 8.56. The van der Waals surface area contributed by atoms with Gasteiger partial charge in [-0.2, -0.15) is 0 Å². The number of hydrogen-bond acceptors (Lipinski definition) is 5. The van der Waals surface area contributed by atoms with Gasteiger partial charge in [0.15, 0.2) is 11.5 Å². The Labute approximate surface area is 171 Å². The Morgan fingerprint density at radius 1 is 0.867 bits per heavy atom. The van der Waals surface area contributed by atoms with Crippen LogP contribution in [0.5, 0.6) is 11.5 Å². The van der Waals surface area contributed by atoms with Gasteiger partial charge in [-0.1, -0.05) is 18.2 Å². The van der Waals surface area contributed by atoms with Crippen LogP contribution < -0.4 is 25.4 Å². The van der Waals surface area contributed by atoms with Gasteiger partial charge in [0.2, 0.25) is 0 Å². The molecule has 3 aromatic rings. The lowest BCUT2D eigenvalue weighted by Gasteiger charge is -2.18. The molecule has 9 heteroatoms. The molecule has 0 aliphatic carbocycles. The van der Waals surface area contributed by atoms with Gasteiger partial charge in [-0.15, -0.1) is 0 Å². The van der Waals surface area contributed by atoms with Crippen molar-refractivity contribution >= 4 is 34.3 Å². The zero-order valence-electron chi connectivity index (χ0n) is 16.0. The predicted molar refractivity (Wildman–Crippen MR) is 110 cm³/mol. The Bertz CT molecular complexity index is 1070. The molecule has 30 heavy (non-hydrogen) atoms. The van der Waals surface area contributed by atoms with Crippen LogP contribution in [0, 0.1) is 0 Å². The minimum absolute atomic E-state index is 0.110.